The number of hydrogen-bond donors (Lipinski definition) is 1. The summed E-state index contributed by atoms with van der Waals surface area (Å²) in [7, 11) is 1.05. The van der Waals surface area contributed by atoms with Crippen molar-refractivity contribution in [1.29, 1.82) is 0 Å². The van der Waals surface area contributed by atoms with Crippen molar-refractivity contribution in [3.05, 3.63) is 23.8 Å². The van der Waals surface area contributed by atoms with Crippen molar-refractivity contribution in [3.8, 4) is 5.75 Å². The lowest BCUT2D eigenvalue weighted by molar-refractivity contribution is 0.00578. The number of ether oxygens (including phenoxy) is 1. The molecular formula is C17H24BNO4. The second-order valence-corrected chi connectivity index (χ2v) is 7.23. The third kappa shape index (κ3) is 3.10. The first-order chi connectivity index (χ1) is 10.7. The van der Waals surface area contributed by atoms with Gasteiger partial charge in [0, 0.05) is 12.6 Å². The average molecular weight is 317 g/mol. The highest BCUT2D eigenvalue weighted by Crippen LogP contribution is 2.37. The summed E-state index contributed by atoms with van der Waals surface area (Å²) in [5.41, 5.74) is 0.372. The van der Waals surface area contributed by atoms with Gasteiger partial charge in [-0.15, -0.1) is 0 Å². The number of amides is 1. The Hall–Kier alpha value is -1.53. The zero-order valence-electron chi connectivity index (χ0n) is 14.4. The molecule has 3 rings (SSSR count). The molecule has 1 aliphatic carbocycles. The molecule has 0 atom stereocenters. The van der Waals surface area contributed by atoms with Crippen molar-refractivity contribution < 1.29 is 18.8 Å². The number of benzene rings is 1. The lowest BCUT2D eigenvalue weighted by Crippen LogP contribution is -2.41. The first-order valence-electron chi connectivity index (χ1n) is 8.12. The number of nitrogens with one attached hydrogen (secondary N) is 1. The van der Waals surface area contributed by atoms with Crippen LogP contribution in [0.3, 0.4) is 0 Å². The number of carbonyl (C=O) groups is 1. The Morgan fingerprint density at radius 3 is 2.35 bits per heavy atom. The van der Waals surface area contributed by atoms with E-state index in [0.29, 0.717) is 11.3 Å². The molecule has 1 heterocycles. The van der Waals surface area contributed by atoms with Crippen LogP contribution in [0.25, 0.3) is 0 Å². The van der Waals surface area contributed by atoms with E-state index in [-0.39, 0.29) is 12.0 Å². The normalized spacial score (nSPS) is 22.0. The van der Waals surface area contributed by atoms with Gasteiger partial charge in [0.1, 0.15) is 5.75 Å². The summed E-state index contributed by atoms with van der Waals surface area (Å²) < 4.78 is 17.9. The topological polar surface area (TPSA) is 56.8 Å². The highest BCUT2D eigenvalue weighted by Gasteiger charge is 2.52. The predicted octanol–water partition coefficient (Wildman–Crippen LogP) is 1.89. The zero-order chi connectivity index (χ0) is 16.8. The van der Waals surface area contributed by atoms with Crippen LogP contribution in [0.4, 0.5) is 0 Å². The molecule has 2 aliphatic rings. The third-order valence-electron chi connectivity index (χ3n) is 4.83. The molecule has 1 aromatic carbocycles. The van der Waals surface area contributed by atoms with Crippen LogP contribution in [-0.2, 0) is 9.31 Å². The Kier molecular flexibility index (Phi) is 3.93. The Morgan fingerprint density at radius 2 is 1.83 bits per heavy atom. The maximum absolute atomic E-state index is 12.3. The van der Waals surface area contributed by atoms with Gasteiger partial charge < -0.3 is 19.4 Å². The van der Waals surface area contributed by atoms with E-state index in [2.05, 4.69) is 5.32 Å². The first-order valence-corrected chi connectivity index (χ1v) is 8.12. The van der Waals surface area contributed by atoms with Crippen molar-refractivity contribution in [3.63, 3.8) is 0 Å². The molecule has 0 radical (unpaired) electrons. The highest BCUT2D eigenvalue weighted by molar-refractivity contribution is 6.63. The minimum Gasteiger partial charge on any atom is -0.490 e. The van der Waals surface area contributed by atoms with Crippen LogP contribution in [0.15, 0.2) is 18.2 Å². The van der Waals surface area contributed by atoms with E-state index in [1.807, 2.05) is 39.8 Å². The smallest absolute Gasteiger partial charge is 0.490 e. The lowest BCUT2D eigenvalue weighted by Gasteiger charge is -2.32. The maximum atomic E-state index is 12.3. The standard InChI is InChI=1S/C17H24BNO4/c1-16(2)17(3,4)23-18(22-16)14-9-8-12(21-11-6-7-11)10-13(14)15(20)19-5/h8-11H,6-7H2,1-5H3,(H,19,20). The average Bonchev–Trinajstić information content (AvgIpc) is 3.25. The molecule has 23 heavy (non-hydrogen) atoms. The monoisotopic (exact) mass is 317 g/mol. The summed E-state index contributed by atoms with van der Waals surface area (Å²) in [5.74, 6) is 0.544. The molecule has 1 saturated carbocycles. The molecule has 6 heteroatoms. The van der Waals surface area contributed by atoms with Crippen LogP contribution in [0.1, 0.15) is 50.9 Å². The second-order valence-electron chi connectivity index (χ2n) is 7.23. The van der Waals surface area contributed by atoms with Gasteiger partial charge in [-0.05, 0) is 58.1 Å². The molecule has 0 spiro atoms. The van der Waals surface area contributed by atoms with Crippen molar-refractivity contribution in [2.45, 2.75) is 57.8 Å². The molecule has 0 aromatic heterocycles. The van der Waals surface area contributed by atoms with Crippen LogP contribution in [0.5, 0.6) is 5.75 Å². The Labute approximate surface area is 137 Å². The molecule has 0 bridgehead atoms. The minimum absolute atomic E-state index is 0.170. The van der Waals surface area contributed by atoms with Gasteiger partial charge >= 0.3 is 7.12 Å². The number of hydrogen-bond acceptors (Lipinski definition) is 4. The van der Waals surface area contributed by atoms with Gasteiger partial charge in [0.2, 0.25) is 0 Å². The van der Waals surface area contributed by atoms with E-state index >= 15 is 0 Å². The zero-order valence-corrected chi connectivity index (χ0v) is 14.4. The maximum Gasteiger partial charge on any atom is 0.495 e. The quantitative estimate of drug-likeness (QED) is 0.862. The van der Waals surface area contributed by atoms with E-state index < -0.39 is 18.3 Å². The summed E-state index contributed by atoms with van der Waals surface area (Å²) in [6.45, 7) is 7.99. The first kappa shape index (κ1) is 16.3. The summed E-state index contributed by atoms with van der Waals surface area (Å²) in [6.07, 6.45) is 2.44. The van der Waals surface area contributed by atoms with Crippen LogP contribution >= 0.6 is 0 Å². The molecule has 1 N–H and O–H groups in total. The number of carbonyl (C=O) groups excluding carboxylic acids is 1. The lowest BCUT2D eigenvalue weighted by atomic mass is 9.75. The van der Waals surface area contributed by atoms with Crippen molar-refractivity contribution >= 4 is 18.5 Å². The van der Waals surface area contributed by atoms with E-state index in [0.717, 1.165) is 18.3 Å². The fourth-order valence-electron chi connectivity index (χ4n) is 2.49. The van der Waals surface area contributed by atoms with Crippen molar-refractivity contribution in [1.82, 2.24) is 5.32 Å². The molecule has 1 saturated heterocycles. The van der Waals surface area contributed by atoms with Crippen molar-refractivity contribution in [2.24, 2.45) is 0 Å². The summed E-state index contributed by atoms with van der Waals surface area (Å²) >= 11 is 0. The van der Waals surface area contributed by atoms with Gasteiger partial charge in [-0.3, -0.25) is 4.79 Å². The fourth-order valence-corrected chi connectivity index (χ4v) is 2.49. The van der Waals surface area contributed by atoms with Gasteiger partial charge in [0.15, 0.2) is 0 Å². The molecule has 1 aliphatic heterocycles. The fraction of sp³-hybridized carbons (Fsp3) is 0.588. The molecule has 2 fully saturated rings. The molecular weight excluding hydrogens is 293 g/mol. The Morgan fingerprint density at radius 1 is 1.22 bits per heavy atom. The van der Waals surface area contributed by atoms with E-state index in [4.69, 9.17) is 14.0 Å². The van der Waals surface area contributed by atoms with Crippen molar-refractivity contribution in [2.75, 3.05) is 7.05 Å². The molecule has 1 aromatic rings. The van der Waals surface area contributed by atoms with Gasteiger partial charge in [-0.25, -0.2) is 0 Å². The van der Waals surface area contributed by atoms with Gasteiger partial charge in [-0.2, -0.15) is 0 Å². The molecule has 124 valence electrons. The van der Waals surface area contributed by atoms with Crippen LogP contribution in [0, 0.1) is 0 Å². The van der Waals surface area contributed by atoms with Crippen LogP contribution < -0.4 is 15.5 Å². The Bertz CT molecular complexity index is 609. The van der Waals surface area contributed by atoms with Gasteiger partial charge in [0.05, 0.1) is 17.3 Å². The molecule has 0 unspecified atom stereocenters. The summed E-state index contributed by atoms with van der Waals surface area (Å²) in [5, 5.41) is 2.68. The third-order valence-corrected chi connectivity index (χ3v) is 4.83. The van der Waals surface area contributed by atoms with Gasteiger partial charge in [-0.1, -0.05) is 6.07 Å². The summed E-state index contributed by atoms with van der Waals surface area (Å²) in [4.78, 5) is 12.3. The van der Waals surface area contributed by atoms with Crippen LogP contribution in [-0.4, -0.2) is 37.4 Å². The molecule has 1 amide bonds. The van der Waals surface area contributed by atoms with E-state index in [1.165, 1.54) is 0 Å². The summed E-state index contributed by atoms with van der Waals surface area (Å²) in [6, 6.07) is 5.52. The van der Waals surface area contributed by atoms with E-state index in [1.54, 1.807) is 13.1 Å². The largest absolute Gasteiger partial charge is 0.495 e. The second kappa shape index (κ2) is 5.53. The number of rotatable bonds is 4. The van der Waals surface area contributed by atoms with Gasteiger partial charge in [0.25, 0.3) is 5.91 Å². The van der Waals surface area contributed by atoms with Crippen LogP contribution in [0.2, 0.25) is 0 Å². The highest BCUT2D eigenvalue weighted by atomic mass is 16.7. The Balaban J connectivity index is 1.93. The molecule has 5 nitrogen and oxygen atoms in total. The predicted molar refractivity (Wildman–Crippen MR) is 89.2 cm³/mol. The minimum atomic E-state index is -0.567. The van der Waals surface area contributed by atoms with E-state index in [9.17, 15) is 4.79 Å². The SMILES string of the molecule is CNC(=O)c1cc(OC2CC2)ccc1B1OC(C)(C)C(C)(C)O1.